The van der Waals surface area contributed by atoms with Crippen LogP contribution in [0.25, 0.3) is 0 Å². The normalized spacial score (nSPS) is 14.3. The van der Waals surface area contributed by atoms with E-state index >= 15 is 0 Å². The topological polar surface area (TPSA) is 57.2 Å². The van der Waals surface area contributed by atoms with Gasteiger partial charge in [0.2, 0.25) is 0 Å². The fraction of sp³-hybridized carbons (Fsp3) is 0.394. The molecule has 0 aliphatic rings. The first-order valence-electron chi connectivity index (χ1n) is 13.5. The molecule has 0 aromatic heterocycles. The number of hydrogen-bond donors (Lipinski definition) is 1. The van der Waals surface area contributed by atoms with Crippen LogP contribution in [-0.2, 0) is 15.8 Å². The lowest BCUT2D eigenvalue weighted by Gasteiger charge is -2.44. The van der Waals surface area contributed by atoms with E-state index < -0.39 is 8.32 Å². The summed E-state index contributed by atoms with van der Waals surface area (Å²) in [4.78, 5) is 0. The quantitative estimate of drug-likeness (QED) is 0.210. The van der Waals surface area contributed by atoms with Crippen molar-refractivity contribution in [3.63, 3.8) is 0 Å². The first-order valence-corrected chi connectivity index (χ1v) is 15.4. The van der Waals surface area contributed by atoms with Gasteiger partial charge in [0.05, 0.1) is 33.5 Å². The lowest BCUT2D eigenvalue weighted by Crippen LogP contribution is -2.67. The molecule has 0 amide bonds. The minimum atomic E-state index is -2.70. The highest BCUT2D eigenvalue weighted by atomic mass is 28.4. The largest absolute Gasteiger partial charge is 0.493 e. The Morgan fingerprint density at radius 2 is 1.44 bits per heavy atom. The molecule has 0 aliphatic heterocycles. The van der Waals surface area contributed by atoms with Gasteiger partial charge in [-0.2, -0.15) is 0 Å². The van der Waals surface area contributed by atoms with Gasteiger partial charge in [0.15, 0.2) is 11.5 Å². The molecule has 1 N–H and O–H groups in total. The minimum Gasteiger partial charge on any atom is -0.493 e. The Morgan fingerprint density at radius 3 is 1.90 bits per heavy atom. The molecule has 0 radical (unpaired) electrons. The van der Waals surface area contributed by atoms with Gasteiger partial charge in [0.25, 0.3) is 8.32 Å². The van der Waals surface area contributed by atoms with Crippen molar-refractivity contribution < 1.29 is 23.7 Å². The van der Waals surface area contributed by atoms with Gasteiger partial charge in [-0.15, -0.1) is 6.58 Å². The van der Waals surface area contributed by atoms with Crippen LogP contribution in [-0.4, -0.2) is 47.0 Å². The highest BCUT2D eigenvalue weighted by Gasteiger charge is 2.50. The first kappa shape index (κ1) is 30.6. The van der Waals surface area contributed by atoms with E-state index in [-0.39, 0.29) is 29.6 Å². The molecule has 0 saturated carbocycles. The number of aliphatic hydroxyl groups is 1. The van der Waals surface area contributed by atoms with E-state index in [0.717, 1.165) is 5.56 Å². The third-order valence-corrected chi connectivity index (χ3v) is 12.4. The van der Waals surface area contributed by atoms with Crippen molar-refractivity contribution in [3.05, 3.63) is 97.1 Å². The van der Waals surface area contributed by atoms with Crippen molar-refractivity contribution in [1.82, 2.24) is 0 Å². The van der Waals surface area contributed by atoms with Crippen molar-refractivity contribution in [1.29, 1.82) is 0 Å². The lowest BCUT2D eigenvalue weighted by molar-refractivity contribution is -0.0439. The fourth-order valence-electron chi connectivity index (χ4n) is 5.30. The second kappa shape index (κ2) is 13.9. The molecule has 3 aromatic carbocycles. The van der Waals surface area contributed by atoms with Crippen molar-refractivity contribution in [2.45, 2.75) is 45.4 Å². The van der Waals surface area contributed by atoms with Gasteiger partial charge in [-0.05, 0) is 33.1 Å². The number of rotatable bonds is 14. The van der Waals surface area contributed by atoms with Gasteiger partial charge < -0.3 is 23.7 Å². The van der Waals surface area contributed by atoms with Crippen LogP contribution in [0.3, 0.4) is 0 Å². The summed E-state index contributed by atoms with van der Waals surface area (Å²) in [6.07, 6.45) is 1.48. The smallest absolute Gasteiger partial charge is 0.261 e. The maximum Gasteiger partial charge on any atom is 0.261 e. The first-order chi connectivity index (χ1) is 18.7. The van der Waals surface area contributed by atoms with Crippen molar-refractivity contribution in [2.75, 3.05) is 27.4 Å². The molecule has 3 rings (SSSR count). The van der Waals surface area contributed by atoms with Gasteiger partial charge in [-0.1, -0.05) is 101 Å². The van der Waals surface area contributed by atoms with E-state index in [1.54, 1.807) is 20.3 Å². The van der Waals surface area contributed by atoms with E-state index in [1.807, 2.05) is 30.3 Å². The van der Waals surface area contributed by atoms with Gasteiger partial charge in [0.1, 0.15) is 0 Å². The summed E-state index contributed by atoms with van der Waals surface area (Å²) in [5, 5.41) is 12.5. The van der Waals surface area contributed by atoms with Crippen LogP contribution in [0.2, 0.25) is 5.04 Å². The maximum absolute atomic E-state index is 10.2. The van der Waals surface area contributed by atoms with E-state index in [1.165, 1.54) is 10.4 Å². The summed E-state index contributed by atoms with van der Waals surface area (Å²) in [6.45, 7) is 13.7. The van der Waals surface area contributed by atoms with Gasteiger partial charge in [0, 0.05) is 18.4 Å². The standard InChI is InChI=1S/C33H44O5Si/c1-8-27(22-34)32(37-24-26-19-20-30(35-6)31(21-26)36-7)25(2)23-38-39(33(3,4)5,28-15-11-9-12-16-28)29-17-13-10-14-18-29/h8-21,25,27,32,34H,1,22-24H2,2-7H3/t25-,27-,32+/m1/s1. The maximum atomic E-state index is 10.2. The van der Waals surface area contributed by atoms with Crippen LogP contribution in [0.1, 0.15) is 33.3 Å². The molecule has 210 valence electrons. The van der Waals surface area contributed by atoms with Crippen LogP contribution in [0.15, 0.2) is 91.5 Å². The van der Waals surface area contributed by atoms with Gasteiger partial charge in [-0.25, -0.2) is 0 Å². The van der Waals surface area contributed by atoms with Crippen LogP contribution in [0, 0.1) is 11.8 Å². The summed E-state index contributed by atoms with van der Waals surface area (Å²) in [5.74, 6) is 1.08. The zero-order valence-corrected chi connectivity index (χ0v) is 25.2. The molecule has 0 unspecified atom stereocenters. The monoisotopic (exact) mass is 548 g/mol. The van der Waals surface area contributed by atoms with Crippen molar-refractivity contribution in [2.24, 2.45) is 11.8 Å². The zero-order valence-electron chi connectivity index (χ0n) is 24.2. The Morgan fingerprint density at radius 1 is 0.872 bits per heavy atom. The molecule has 3 atom stereocenters. The second-order valence-corrected chi connectivity index (χ2v) is 15.3. The molecular weight excluding hydrogens is 504 g/mol. The average Bonchev–Trinajstić information content (AvgIpc) is 2.95. The molecule has 0 heterocycles. The molecule has 0 saturated heterocycles. The Labute approximate surface area is 235 Å². The Hall–Kier alpha value is -2.90. The minimum absolute atomic E-state index is 0.0121. The highest BCUT2D eigenvalue weighted by Crippen LogP contribution is 2.37. The van der Waals surface area contributed by atoms with Crippen LogP contribution in [0.4, 0.5) is 0 Å². The predicted molar refractivity (Wildman–Crippen MR) is 162 cm³/mol. The average molecular weight is 549 g/mol. The lowest BCUT2D eigenvalue weighted by atomic mass is 9.93. The van der Waals surface area contributed by atoms with Crippen LogP contribution < -0.4 is 19.8 Å². The number of methoxy groups -OCH3 is 2. The summed E-state index contributed by atoms with van der Waals surface area (Å²) in [5.41, 5.74) is 0.957. The van der Waals surface area contributed by atoms with E-state index in [0.29, 0.717) is 24.7 Å². The molecule has 0 aliphatic carbocycles. The Kier molecular flexibility index (Phi) is 11.0. The molecule has 0 spiro atoms. The number of hydrogen-bond acceptors (Lipinski definition) is 5. The predicted octanol–water partition coefficient (Wildman–Crippen LogP) is 5.60. The fourth-order valence-corrected chi connectivity index (χ4v) is 9.97. The summed E-state index contributed by atoms with van der Waals surface area (Å²) >= 11 is 0. The van der Waals surface area contributed by atoms with Gasteiger partial charge >= 0.3 is 0 Å². The molecule has 0 fully saturated rings. The highest BCUT2D eigenvalue weighted by molar-refractivity contribution is 6.99. The third-order valence-electron chi connectivity index (χ3n) is 7.37. The summed E-state index contributed by atoms with van der Waals surface area (Å²) in [6, 6.07) is 27.0. The van der Waals surface area contributed by atoms with Crippen molar-refractivity contribution >= 4 is 18.7 Å². The van der Waals surface area contributed by atoms with Gasteiger partial charge in [-0.3, -0.25) is 0 Å². The van der Waals surface area contributed by atoms with Crippen LogP contribution in [0.5, 0.6) is 11.5 Å². The van der Waals surface area contributed by atoms with E-state index in [9.17, 15) is 5.11 Å². The SMILES string of the molecule is C=C[C@H](CO)[C@@H](OCc1ccc(OC)c(OC)c1)[C@H](C)CO[Si](c1ccccc1)(c1ccccc1)C(C)(C)C. The van der Waals surface area contributed by atoms with E-state index in [2.05, 4.69) is 82.8 Å². The molecule has 5 nitrogen and oxygen atoms in total. The number of benzene rings is 3. The molecule has 39 heavy (non-hydrogen) atoms. The van der Waals surface area contributed by atoms with Crippen molar-refractivity contribution in [3.8, 4) is 11.5 Å². The summed E-state index contributed by atoms with van der Waals surface area (Å²) in [7, 11) is 0.541. The molecular formula is C33H44O5Si. The Balaban J connectivity index is 1.91. The second-order valence-electron chi connectivity index (χ2n) is 11.0. The van der Waals surface area contributed by atoms with E-state index in [4.69, 9.17) is 18.6 Å². The molecule has 6 heteroatoms. The molecule has 3 aromatic rings. The summed E-state index contributed by atoms with van der Waals surface area (Å²) < 4.78 is 24.5. The number of ether oxygens (including phenoxy) is 3. The number of aliphatic hydroxyl groups excluding tert-OH is 1. The van der Waals surface area contributed by atoms with Crippen LogP contribution >= 0.6 is 0 Å². The Bertz CT molecular complexity index is 1120. The molecule has 0 bridgehead atoms. The third kappa shape index (κ3) is 7.00. The zero-order chi connectivity index (χ0) is 28.5.